The fourth-order valence-corrected chi connectivity index (χ4v) is 3.60. The Balaban J connectivity index is 1.58. The van der Waals surface area contributed by atoms with Crippen LogP contribution in [0.5, 0.6) is 0 Å². The predicted molar refractivity (Wildman–Crippen MR) is 74.2 cm³/mol. The zero-order valence-corrected chi connectivity index (χ0v) is 11.9. The molecule has 2 aliphatic carbocycles. The van der Waals surface area contributed by atoms with Crippen molar-refractivity contribution in [2.75, 3.05) is 6.54 Å². The minimum Gasteiger partial charge on any atom is -0.339 e. The second-order valence-electron chi connectivity index (χ2n) is 6.08. The molecule has 0 bridgehead atoms. The third kappa shape index (κ3) is 2.99. The largest absolute Gasteiger partial charge is 0.339 e. The van der Waals surface area contributed by atoms with E-state index >= 15 is 0 Å². The zero-order chi connectivity index (χ0) is 13.1. The predicted octanol–water partition coefficient (Wildman–Crippen LogP) is 3.36. The van der Waals surface area contributed by atoms with Gasteiger partial charge in [-0.25, -0.2) is 0 Å². The van der Waals surface area contributed by atoms with Crippen molar-refractivity contribution in [3.8, 4) is 0 Å². The van der Waals surface area contributed by atoms with Crippen LogP contribution in [0.15, 0.2) is 4.52 Å². The van der Waals surface area contributed by atoms with Gasteiger partial charge in [0.05, 0.1) is 0 Å². The molecule has 106 valence electrons. The Bertz CT molecular complexity index is 390. The molecule has 2 fully saturated rings. The lowest BCUT2D eigenvalue weighted by Gasteiger charge is -2.26. The number of rotatable bonds is 4. The maximum atomic E-state index is 5.53. The molecule has 19 heavy (non-hydrogen) atoms. The Morgan fingerprint density at radius 1 is 1.05 bits per heavy atom. The van der Waals surface area contributed by atoms with Crippen molar-refractivity contribution in [1.29, 1.82) is 0 Å². The zero-order valence-electron chi connectivity index (χ0n) is 11.9. The molecule has 4 nitrogen and oxygen atoms in total. The summed E-state index contributed by atoms with van der Waals surface area (Å²) in [5.41, 5.74) is 0. The molecule has 0 saturated heterocycles. The van der Waals surface area contributed by atoms with Gasteiger partial charge >= 0.3 is 0 Å². The van der Waals surface area contributed by atoms with E-state index in [-0.39, 0.29) is 0 Å². The first-order valence-electron chi connectivity index (χ1n) is 7.93. The lowest BCUT2D eigenvalue weighted by molar-refractivity contribution is 0.283. The monoisotopic (exact) mass is 263 g/mol. The van der Waals surface area contributed by atoms with Crippen molar-refractivity contribution in [3.63, 3.8) is 0 Å². The lowest BCUT2D eigenvalue weighted by Crippen LogP contribution is -2.32. The highest BCUT2D eigenvalue weighted by molar-refractivity contribution is 5.02. The number of nitrogens with zero attached hydrogens (tertiary/aromatic N) is 2. The average molecular weight is 263 g/mol. The van der Waals surface area contributed by atoms with E-state index in [1.54, 1.807) is 0 Å². The smallest absolute Gasteiger partial charge is 0.229 e. The summed E-state index contributed by atoms with van der Waals surface area (Å²) in [5, 5.41) is 7.77. The molecule has 0 aromatic carbocycles. The molecule has 2 saturated carbocycles. The van der Waals surface area contributed by atoms with Gasteiger partial charge in [0.2, 0.25) is 5.89 Å². The van der Waals surface area contributed by atoms with Gasteiger partial charge in [0.1, 0.15) is 0 Å². The van der Waals surface area contributed by atoms with E-state index in [4.69, 9.17) is 4.52 Å². The van der Waals surface area contributed by atoms with E-state index in [2.05, 4.69) is 22.4 Å². The Morgan fingerprint density at radius 3 is 2.47 bits per heavy atom. The van der Waals surface area contributed by atoms with Crippen LogP contribution in [0.25, 0.3) is 0 Å². The van der Waals surface area contributed by atoms with Crippen LogP contribution in [0.4, 0.5) is 0 Å². The minimum absolute atomic E-state index is 0.498. The number of aromatic nitrogens is 2. The van der Waals surface area contributed by atoms with Gasteiger partial charge in [-0.2, -0.15) is 4.98 Å². The molecule has 1 heterocycles. The molecule has 1 aromatic rings. The van der Waals surface area contributed by atoms with Crippen molar-refractivity contribution in [3.05, 3.63) is 11.7 Å². The molecule has 2 aliphatic rings. The van der Waals surface area contributed by atoms with Crippen LogP contribution >= 0.6 is 0 Å². The van der Waals surface area contributed by atoms with Crippen molar-refractivity contribution in [2.45, 2.75) is 76.2 Å². The number of hydrogen-bond donors (Lipinski definition) is 1. The van der Waals surface area contributed by atoms with Crippen molar-refractivity contribution < 1.29 is 4.52 Å². The van der Waals surface area contributed by atoms with Gasteiger partial charge in [0.15, 0.2) is 5.82 Å². The van der Waals surface area contributed by atoms with Gasteiger partial charge in [-0.3, -0.25) is 0 Å². The quantitative estimate of drug-likeness (QED) is 0.905. The molecule has 4 heteroatoms. The van der Waals surface area contributed by atoms with Crippen molar-refractivity contribution in [1.82, 2.24) is 15.5 Å². The summed E-state index contributed by atoms with van der Waals surface area (Å²) in [5.74, 6) is 2.94. The van der Waals surface area contributed by atoms with Gasteiger partial charge in [0.25, 0.3) is 0 Å². The Morgan fingerprint density at radius 2 is 1.79 bits per heavy atom. The highest BCUT2D eigenvalue weighted by atomic mass is 16.5. The third-order valence-corrected chi connectivity index (χ3v) is 4.75. The summed E-state index contributed by atoms with van der Waals surface area (Å²) in [7, 11) is 0. The first-order chi connectivity index (χ1) is 9.36. The van der Waals surface area contributed by atoms with Crippen LogP contribution < -0.4 is 5.32 Å². The van der Waals surface area contributed by atoms with Gasteiger partial charge in [-0.1, -0.05) is 24.9 Å². The first kappa shape index (κ1) is 13.1. The van der Waals surface area contributed by atoms with E-state index < -0.39 is 0 Å². The molecule has 3 rings (SSSR count). The van der Waals surface area contributed by atoms with E-state index in [1.165, 1.54) is 51.4 Å². The number of hydrogen-bond acceptors (Lipinski definition) is 4. The maximum absolute atomic E-state index is 5.53. The van der Waals surface area contributed by atoms with Crippen LogP contribution in [-0.2, 0) is 0 Å². The van der Waals surface area contributed by atoms with E-state index in [9.17, 15) is 0 Å². The summed E-state index contributed by atoms with van der Waals surface area (Å²) >= 11 is 0. The van der Waals surface area contributed by atoms with Crippen LogP contribution in [0.1, 0.15) is 81.8 Å². The summed E-state index contributed by atoms with van der Waals surface area (Å²) in [6.07, 6.45) is 9.97. The lowest BCUT2D eigenvalue weighted by atomic mass is 9.86. The Kier molecular flexibility index (Phi) is 4.16. The minimum atomic E-state index is 0.498. The number of nitrogens with one attached hydrogen (secondary N) is 1. The maximum Gasteiger partial charge on any atom is 0.229 e. The van der Waals surface area contributed by atoms with Crippen LogP contribution in [0, 0.1) is 0 Å². The highest BCUT2D eigenvalue weighted by Crippen LogP contribution is 2.35. The van der Waals surface area contributed by atoms with E-state index in [1.807, 2.05) is 0 Å². The molecule has 0 radical (unpaired) electrons. The van der Waals surface area contributed by atoms with Gasteiger partial charge in [-0.05, 0) is 45.1 Å². The molecule has 0 spiro atoms. The van der Waals surface area contributed by atoms with Gasteiger partial charge in [-0.15, -0.1) is 0 Å². The average Bonchev–Trinajstić information content (AvgIpc) is 3.11. The molecular formula is C15H25N3O. The van der Waals surface area contributed by atoms with Crippen LogP contribution in [-0.4, -0.2) is 22.7 Å². The van der Waals surface area contributed by atoms with Crippen LogP contribution in [0.2, 0.25) is 0 Å². The van der Waals surface area contributed by atoms with Crippen molar-refractivity contribution in [2.24, 2.45) is 0 Å². The highest BCUT2D eigenvalue weighted by Gasteiger charge is 2.28. The fraction of sp³-hybridized carbons (Fsp3) is 0.867. The molecule has 1 N–H and O–H groups in total. The van der Waals surface area contributed by atoms with E-state index in [0.717, 1.165) is 18.3 Å². The summed E-state index contributed by atoms with van der Waals surface area (Å²) in [4.78, 5) is 4.69. The molecule has 0 amide bonds. The van der Waals surface area contributed by atoms with Crippen LogP contribution in [0.3, 0.4) is 0 Å². The van der Waals surface area contributed by atoms with Gasteiger partial charge in [0, 0.05) is 17.9 Å². The normalized spacial score (nSPS) is 28.9. The van der Waals surface area contributed by atoms with E-state index in [0.29, 0.717) is 17.9 Å². The summed E-state index contributed by atoms with van der Waals surface area (Å²) in [6, 6.07) is 0.693. The fourth-order valence-electron chi connectivity index (χ4n) is 3.60. The topological polar surface area (TPSA) is 51.0 Å². The second kappa shape index (κ2) is 6.04. The second-order valence-corrected chi connectivity index (χ2v) is 6.08. The molecule has 1 aromatic heterocycles. The van der Waals surface area contributed by atoms with Gasteiger partial charge < -0.3 is 9.84 Å². The third-order valence-electron chi connectivity index (χ3n) is 4.75. The Hall–Kier alpha value is -0.900. The summed E-state index contributed by atoms with van der Waals surface area (Å²) in [6.45, 7) is 3.25. The van der Waals surface area contributed by atoms with Crippen molar-refractivity contribution >= 4 is 0 Å². The molecular weight excluding hydrogens is 238 g/mol. The molecule has 0 atom stereocenters. The standard InChI is InChI=1S/C15H25N3O/c1-2-16-13-9-7-12(8-10-13)15-17-14(18-19-15)11-5-3-4-6-11/h11-13,16H,2-10H2,1H3. The molecule has 0 aliphatic heterocycles. The Labute approximate surface area is 115 Å². The molecule has 0 unspecified atom stereocenters. The summed E-state index contributed by atoms with van der Waals surface area (Å²) < 4.78 is 5.53. The SMILES string of the molecule is CCNC1CCC(c2nc(C3CCCC3)no2)CC1. The first-order valence-corrected chi connectivity index (χ1v) is 7.93.